The molecule has 0 aliphatic carbocycles. The Labute approximate surface area is 143 Å². The fourth-order valence-electron chi connectivity index (χ4n) is 2.66. The number of nitrogens with one attached hydrogen (secondary N) is 1. The van der Waals surface area contributed by atoms with Crippen LogP contribution in [0.3, 0.4) is 0 Å². The molecule has 0 aliphatic heterocycles. The number of nitrogens with zero attached hydrogens (tertiary/aromatic N) is 1. The Morgan fingerprint density at radius 1 is 1.21 bits per heavy atom. The van der Waals surface area contributed by atoms with Crippen molar-refractivity contribution in [3.63, 3.8) is 0 Å². The van der Waals surface area contributed by atoms with Crippen molar-refractivity contribution >= 4 is 10.0 Å². The van der Waals surface area contributed by atoms with Crippen molar-refractivity contribution in [2.75, 3.05) is 7.11 Å². The Hall–Kier alpha value is -1.86. The van der Waals surface area contributed by atoms with Gasteiger partial charge in [-0.3, -0.25) is 0 Å². The third kappa shape index (κ3) is 4.15. The lowest BCUT2D eigenvalue weighted by Crippen LogP contribution is -2.30. The van der Waals surface area contributed by atoms with Crippen molar-refractivity contribution in [3.8, 4) is 5.75 Å². The van der Waals surface area contributed by atoms with Crippen LogP contribution in [-0.2, 0) is 10.0 Å². The van der Waals surface area contributed by atoms with E-state index in [4.69, 9.17) is 9.26 Å². The molecule has 1 aromatic carbocycles. The summed E-state index contributed by atoms with van der Waals surface area (Å²) in [6.45, 7) is 7.33. The van der Waals surface area contributed by atoms with E-state index in [0.29, 0.717) is 18.0 Å². The number of benzene rings is 1. The lowest BCUT2D eigenvalue weighted by atomic mass is 9.98. The molecule has 0 fully saturated rings. The predicted molar refractivity (Wildman–Crippen MR) is 91.5 cm³/mol. The lowest BCUT2D eigenvalue weighted by Gasteiger charge is -2.21. The van der Waals surface area contributed by atoms with Gasteiger partial charge in [0.05, 0.1) is 7.11 Å². The molecule has 1 N–H and O–H groups in total. The highest BCUT2D eigenvalue weighted by Gasteiger charge is 2.28. The van der Waals surface area contributed by atoms with Gasteiger partial charge in [-0.2, -0.15) is 0 Å². The fourth-order valence-corrected chi connectivity index (χ4v) is 4.23. The van der Waals surface area contributed by atoms with Crippen LogP contribution < -0.4 is 9.46 Å². The van der Waals surface area contributed by atoms with Crippen molar-refractivity contribution < 1.29 is 17.7 Å². The Morgan fingerprint density at radius 3 is 2.29 bits per heavy atom. The highest BCUT2D eigenvalue weighted by molar-refractivity contribution is 7.89. The molecule has 2 rings (SSSR count). The minimum absolute atomic E-state index is 0.116. The van der Waals surface area contributed by atoms with Crippen LogP contribution in [0.25, 0.3) is 0 Å². The second kappa shape index (κ2) is 7.36. The first-order chi connectivity index (χ1) is 11.2. The summed E-state index contributed by atoms with van der Waals surface area (Å²) in [6, 6.07) is 7.07. The highest BCUT2D eigenvalue weighted by Crippen LogP contribution is 2.27. The van der Waals surface area contributed by atoms with E-state index in [1.807, 2.05) is 24.3 Å². The molecule has 1 heterocycles. The average molecular weight is 352 g/mol. The number of aromatic nitrogens is 1. The third-order valence-electron chi connectivity index (χ3n) is 3.76. The number of aryl methyl sites for hydroxylation is 2. The number of rotatable bonds is 7. The van der Waals surface area contributed by atoms with E-state index >= 15 is 0 Å². The van der Waals surface area contributed by atoms with Crippen LogP contribution in [0.2, 0.25) is 0 Å². The van der Waals surface area contributed by atoms with Crippen LogP contribution in [0.15, 0.2) is 33.7 Å². The van der Waals surface area contributed by atoms with E-state index in [-0.39, 0.29) is 16.7 Å². The lowest BCUT2D eigenvalue weighted by molar-refractivity contribution is 0.390. The van der Waals surface area contributed by atoms with Crippen molar-refractivity contribution in [2.24, 2.45) is 5.92 Å². The first-order valence-corrected chi connectivity index (χ1v) is 9.32. The van der Waals surface area contributed by atoms with Gasteiger partial charge >= 0.3 is 0 Å². The van der Waals surface area contributed by atoms with Crippen LogP contribution in [0.5, 0.6) is 5.75 Å². The van der Waals surface area contributed by atoms with Gasteiger partial charge in [-0.1, -0.05) is 31.1 Å². The fraction of sp³-hybridized carbons (Fsp3) is 0.471. The molecule has 0 amide bonds. The standard InChI is InChI=1S/C17H24N2O4S/c1-11(2)10-16(14-6-8-15(22-5)9-7-14)19-24(20,21)17-12(3)18-23-13(17)4/h6-9,11,16,19H,10H2,1-5H3/t16-/m1/s1. The van der Waals surface area contributed by atoms with E-state index in [2.05, 4.69) is 23.7 Å². The van der Waals surface area contributed by atoms with Gasteiger partial charge in [0.25, 0.3) is 0 Å². The number of hydrogen-bond donors (Lipinski definition) is 1. The van der Waals surface area contributed by atoms with Crippen LogP contribution in [0.1, 0.15) is 43.3 Å². The monoisotopic (exact) mass is 352 g/mol. The molecule has 0 unspecified atom stereocenters. The van der Waals surface area contributed by atoms with Crippen LogP contribution in [0, 0.1) is 19.8 Å². The Bertz CT molecular complexity index is 760. The van der Waals surface area contributed by atoms with Crippen LogP contribution >= 0.6 is 0 Å². The van der Waals surface area contributed by atoms with Crippen molar-refractivity contribution in [1.82, 2.24) is 9.88 Å². The molecule has 0 spiro atoms. The molecule has 2 aromatic rings. The number of sulfonamides is 1. The molecule has 0 aliphatic rings. The van der Waals surface area contributed by atoms with Gasteiger partial charge in [0, 0.05) is 6.04 Å². The van der Waals surface area contributed by atoms with Crippen LogP contribution in [0.4, 0.5) is 0 Å². The largest absolute Gasteiger partial charge is 0.497 e. The van der Waals surface area contributed by atoms with E-state index in [1.165, 1.54) is 0 Å². The van der Waals surface area contributed by atoms with Gasteiger partial charge in [-0.25, -0.2) is 13.1 Å². The minimum Gasteiger partial charge on any atom is -0.497 e. The van der Waals surface area contributed by atoms with E-state index in [1.54, 1.807) is 21.0 Å². The van der Waals surface area contributed by atoms with Crippen molar-refractivity contribution in [3.05, 3.63) is 41.3 Å². The zero-order valence-corrected chi connectivity index (χ0v) is 15.5. The molecule has 1 atom stereocenters. The Morgan fingerprint density at radius 2 is 1.83 bits per heavy atom. The summed E-state index contributed by atoms with van der Waals surface area (Å²) in [5, 5.41) is 3.74. The Balaban J connectivity index is 2.34. The predicted octanol–water partition coefficient (Wildman–Crippen LogP) is 3.37. The molecule has 1 aromatic heterocycles. The minimum atomic E-state index is -3.72. The molecular weight excluding hydrogens is 328 g/mol. The summed E-state index contributed by atoms with van der Waals surface area (Å²) < 4.78 is 38.5. The first-order valence-electron chi connectivity index (χ1n) is 7.83. The van der Waals surface area contributed by atoms with Gasteiger partial charge in [-0.05, 0) is 43.9 Å². The second-order valence-corrected chi connectivity index (χ2v) is 7.88. The smallest absolute Gasteiger partial charge is 0.246 e. The quantitative estimate of drug-likeness (QED) is 0.826. The summed E-state index contributed by atoms with van der Waals surface area (Å²) in [5.41, 5.74) is 1.25. The maximum atomic E-state index is 12.8. The third-order valence-corrected chi connectivity index (χ3v) is 5.47. The molecule has 0 saturated heterocycles. The Kier molecular flexibility index (Phi) is 5.66. The van der Waals surface area contributed by atoms with Crippen molar-refractivity contribution in [1.29, 1.82) is 0 Å². The molecule has 6 nitrogen and oxygen atoms in total. The molecule has 0 saturated carbocycles. The number of hydrogen-bond acceptors (Lipinski definition) is 5. The summed E-state index contributed by atoms with van der Waals surface area (Å²) in [4.78, 5) is 0.116. The molecular formula is C17H24N2O4S. The summed E-state index contributed by atoms with van der Waals surface area (Å²) >= 11 is 0. The van der Waals surface area contributed by atoms with Crippen molar-refractivity contribution in [2.45, 2.75) is 45.1 Å². The number of methoxy groups -OCH3 is 1. The van der Waals surface area contributed by atoms with E-state index < -0.39 is 10.0 Å². The highest BCUT2D eigenvalue weighted by atomic mass is 32.2. The maximum Gasteiger partial charge on any atom is 0.246 e. The summed E-state index contributed by atoms with van der Waals surface area (Å²) in [6.07, 6.45) is 0.676. The van der Waals surface area contributed by atoms with Gasteiger partial charge in [0.2, 0.25) is 10.0 Å². The van der Waals surface area contributed by atoms with E-state index in [9.17, 15) is 8.42 Å². The second-order valence-electron chi connectivity index (χ2n) is 6.23. The molecule has 132 valence electrons. The molecule has 24 heavy (non-hydrogen) atoms. The normalized spacial score (nSPS) is 13.2. The molecule has 0 radical (unpaired) electrons. The topological polar surface area (TPSA) is 81.4 Å². The number of ether oxygens (including phenoxy) is 1. The molecule has 0 bridgehead atoms. The van der Waals surface area contributed by atoms with Gasteiger partial charge in [0.15, 0.2) is 5.76 Å². The van der Waals surface area contributed by atoms with Gasteiger partial charge in [0.1, 0.15) is 16.3 Å². The first kappa shape index (κ1) is 18.5. The zero-order valence-electron chi connectivity index (χ0n) is 14.7. The zero-order chi connectivity index (χ0) is 17.9. The van der Waals surface area contributed by atoms with Gasteiger partial charge < -0.3 is 9.26 Å². The van der Waals surface area contributed by atoms with Gasteiger partial charge in [-0.15, -0.1) is 0 Å². The maximum absolute atomic E-state index is 12.8. The van der Waals surface area contributed by atoms with Crippen LogP contribution in [-0.4, -0.2) is 20.7 Å². The SMILES string of the molecule is COc1ccc([C@@H](CC(C)C)NS(=O)(=O)c2c(C)noc2C)cc1. The summed E-state index contributed by atoms with van der Waals surface area (Å²) in [7, 11) is -2.13. The molecule has 7 heteroatoms. The average Bonchev–Trinajstić information content (AvgIpc) is 2.85. The summed E-state index contributed by atoms with van der Waals surface area (Å²) in [5.74, 6) is 1.35. The van der Waals surface area contributed by atoms with E-state index in [0.717, 1.165) is 11.3 Å².